The van der Waals surface area contributed by atoms with Crippen LogP contribution in [0.2, 0.25) is 4.34 Å². The maximum absolute atomic E-state index is 12.1. The van der Waals surface area contributed by atoms with Crippen molar-refractivity contribution in [2.24, 2.45) is 0 Å². The zero-order valence-corrected chi connectivity index (χ0v) is 13.4. The van der Waals surface area contributed by atoms with Crippen LogP contribution in [-0.4, -0.2) is 16.1 Å². The minimum absolute atomic E-state index is 0.170. The largest absolute Gasteiger partial charge is 0.325 e. The Labute approximate surface area is 139 Å². The summed E-state index contributed by atoms with van der Waals surface area (Å²) in [7, 11) is 0. The molecule has 1 aromatic carbocycles. The second kappa shape index (κ2) is 6.39. The summed E-state index contributed by atoms with van der Waals surface area (Å²) >= 11 is 7.28. The van der Waals surface area contributed by atoms with Crippen molar-refractivity contribution < 1.29 is 4.79 Å². The molecule has 0 aliphatic rings. The van der Waals surface area contributed by atoms with Gasteiger partial charge in [0, 0.05) is 11.3 Å². The van der Waals surface area contributed by atoms with Crippen molar-refractivity contribution in [2.45, 2.75) is 12.8 Å². The van der Waals surface area contributed by atoms with E-state index in [1.54, 1.807) is 18.2 Å². The molecule has 3 aromatic rings. The summed E-state index contributed by atoms with van der Waals surface area (Å²) in [5.41, 5.74) is -0.548. The number of amides is 1. The molecule has 0 atom stereocenters. The number of benzene rings is 1. The van der Waals surface area contributed by atoms with Crippen molar-refractivity contribution in [3.63, 3.8) is 0 Å². The number of hydrogen-bond acceptors (Lipinski definition) is 4. The highest BCUT2D eigenvalue weighted by atomic mass is 35.5. The molecule has 0 bridgehead atoms. The highest BCUT2D eigenvalue weighted by Gasteiger charge is 2.11. The number of rotatable bonds is 4. The molecule has 0 saturated heterocycles. The lowest BCUT2D eigenvalue weighted by atomic mass is 10.1. The Kier molecular flexibility index (Phi) is 4.31. The summed E-state index contributed by atoms with van der Waals surface area (Å²) in [5, 5.41) is 7.61. The quantitative estimate of drug-likeness (QED) is 0.675. The molecule has 6 nitrogen and oxygen atoms in total. The molecule has 0 spiro atoms. The van der Waals surface area contributed by atoms with Crippen molar-refractivity contribution in [3.05, 3.63) is 60.3 Å². The normalized spacial score (nSPS) is 10.8. The maximum Gasteiger partial charge on any atom is 0.272 e. The van der Waals surface area contributed by atoms with Gasteiger partial charge in [-0.3, -0.25) is 24.6 Å². The van der Waals surface area contributed by atoms with Crippen LogP contribution in [0.25, 0.3) is 10.8 Å². The van der Waals surface area contributed by atoms with Crippen molar-refractivity contribution >= 4 is 45.3 Å². The lowest BCUT2D eigenvalue weighted by Gasteiger charge is -2.07. The molecule has 3 rings (SSSR count). The Morgan fingerprint density at radius 3 is 2.65 bits per heavy atom. The Morgan fingerprint density at radius 2 is 1.91 bits per heavy atom. The molecule has 0 fully saturated rings. The van der Waals surface area contributed by atoms with Gasteiger partial charge in [0.1, 0.15) is 0 Å². The minimum atomic E-state index is -0.458. The molecule has 0 radical (unpaired) electrons. The molecule has 0 aliphatic heterocycles. The Bertz CT molecular complexity index is 989. The third kappa shape index (κ3) is 3.35. The van der Waals surface area contributed by atoms with Crippen LogP contribution in [-0.2, 0) is 11.2 Å². The molecule has 2 aromatic heterocycles. The van der Waals surface area contributed by atoms with Crippen LogP contribution in [0.3, 0.4) is 0 Å². The minimum Gasteiger partial charge on any atom is -0.325 e. The summed E-state index contributed by atoms with van der Waals surface area (Å²) in [6, 6.07) is 8.41. The third-order valence-electron chi connectivity index (χ3n) is 3.33. The van der Waals surface area contributed by atoms with Crippen LogP contribution >= 0.6 is 22.9 Å². The fraction of sp³-hybridized carbons (Fsp3) is 0.133. The average Bonchev–Trinajstić information content (AvgIpc) is 2.95. The van der Waals surface area contributed by atoms with E-state index in [0.717, 1.165) is 4.88 Å². The van der Waals surface area contributed by atoms with Crippen LogP contribution < -0.4 is 16.4 Å². The molecule has 118 valence electrons. The molecule has 1 amide bonds. The summed E-state index contributed by atoms with van der Waals surface area (Å²) in [4.78, 5) is 36.8. The smallest absolute Gasteiger partial charge is 0.272 e. The van der Waals surface area contributed by atoms with Crippen molar-refractivity contribution in [1.29, 1.82) is 0 Å². The Hall–Kier alpha value is -2.38. The topological polar surface area (TPSA) is 94.8 Å². The van der Waals surface area contributed by atoms with E-state index in [-0.39, 0.29) is 23.1 Å². The van der Waals surface area contributed by atoms with Crippen LogP contribution in [0, 0.1) is 0 Å². The predicted octanol–water partition coefficient (Wildman–Crippen LogP) is 2.50. The van der Waals surface area contributed by atoms with E-state index >= 15 is 0 Å². The molecule has 3 N–H and O–H groups in total. The number of anilines is 1. The second-order valence-corrected chi connectivity index (χ2v) is 6.69. The standard InChI is InChI=1S/C15H12ClN3O3S/c16-11-6-4-8(23-11)5-7-12(20)17-10-3-1-2-9-13(10)15(22)19-18-14(9)21/h1-4,6H,5,7H2,(H,17,20)(H,18,21)(H,19,22). The van der Waals surface area contributed by atoms with Crippen LogP contribution in [0.5, 0.6) is 0 Å². The zero-order valence-electron chi connectivity index (χ0n) is 11.8. The monoisotopic (exact) mass is 349 g/mol. The van der Waals surface area contributed by atoms with E-state index in [1.165, 1.54) is 17.4 Å². The Balaban J connectivity index is 1.81. The van der Waals surface area contributed by atoms with Gasteiger partial charge in [-0.2, -0.15) is 0 Å². The first-order valence-electron chi connectivity index (χ1n) is 6.82. The van der Waals surface area contributed by atoms with E-state index in [4.69, 9.17) is 11.6 Å². The highest BCUT2D eigenvalue weighted by Crippen LogP contribution is 2.23. The van der Waals surface area contributed by atoms with Gasteiger partial charge in [-0.1, -0.05) is 17.7 Å². The number of carbonyl (C=O) groups excluding carboxylic acids is 1. The van der Waals surface area contributed by atoms with Gasteiger partial charge < -0.3 is 5.32 Å². The first kappa shape index (κ1) is 15.5. The number of carbonyl (C=O) groups is 1. The van der Waals surface area contributed by atoms with Crippen LogP contribution in [0.4, 0.5) is 5.69 Å². The van der Waals surface area contributed by atoms with Gasteiger partial charge in [-0.15, -0.1) is 11.3 Å². The maximum atomic E-state index is 12.1. The number of fused-ring (bicyclic) bond motifs is 1. The van der Waals surface area contributed by atoms with E-state index in [2.05, 4.69) is 15.5 Å². The summed E-state index contributed by atoms with van der Waals surface area (Å²) < 4.78 is 0.681. The number of thiophene rings is 1. The summed E-state index contributed by atoms with van der Waals surface area (Å²) in [6.45, 7) is 0. The second-order valence-electron chi connectivity index (χ2n) is 4.89. The van der Waals surface area contributed by atoms with Gasteiger partial charge in [0.05, 0.1) is 20.8 Å². The van der Waals surface area contributed by atoms with Crippen LogP contribution in [0.15, 0.2) is 39.9 Å². The van der Waals surface area contributed by atoms with Crippen molar-refractivity contribution in [2.75, 3.05) is 5.32 Å². The summed E-state index contributed by atoms with van der Waals surface area (Å²) in [5.74, 6) is -0.235. The molecule has 0 unspecified atom stereocenters. The lowest BCUT2D eigenvalue weighted by molar-refractivity contribution is -0.116. The van der Waals surface area contributed by atoms with Gasteiger partial charge in [0.2, 0.25) is 5.91 Å². The van der Waals surface area contributed by atoms with Gasteiger partial charge in [0.15, 0.2) is 0 Å². The average molecular weight is 350 g/mol. The van der Waals surface area contributed by atoms with Crippen LogP contribution in [0.1, 0.15) is 11.3 Å². The lowest BCUT2D eigenvalue weighted by Crippen LogP contribution is -2.21. The van der Waals surface area contributed by atoms with Gasteiger partial charge in [0.25, 0.3) is 11.1 Å². The number of hydrogen-bond donors (Lipinski definition) is 3. The zero-order chi connectivity index (χ0) is 16.4. The highest BCUT2D eigenvalue weighted by molar-refractivity contribution is 7.16. The fourth-order valence-electron chi connectivity index (χ4n) is 2.27. The molecule has 2 heterocycles. The predicted molar refractivity (Wildman–Crippen MR) is 91.5 cm³/mol. The first-order valence-corrected chi connectivity index (χ1v) is 8.02. The van der Waals surface area contributed by atoms with E-state index in [1.807, 2.05) is 6.07 Å². The number of aryl methyl sites for hydroxylation is 1. The Morgan fingerprint density at radius 1 is 1.13 bits per heavy atom. The molecular formula is C15H12ClN3O3S. The van der Waals surface area contributed by atoms with Crippen molar-refractivity contribution in [3.8, 4) is 0 Å². The molecule has 23 heavy (non-hydrogen) atoms. The number of nitrogens with one attached hydrogen (secondary N) is 3. The number of aromatic amines is 2. The fourth-order valence-corrected chi connectivity index (χ4v) is 3.36. The first-order chi connectivity index (χ1) is 11.0. The van der Waals surface area contributed by atoms with E-state index in [9.17, 15) is 14.4 Å². The number of aromatic nitrogens is 2. The van der Waals surface area contributed by atoms with E-state index < -0.39 is 11.1 Å². The number of H-pyrrole nitrogens is 2. The molecule has 0 saturated carbocycles. The third-order valence-corrected chi connectivity index (χ3v) is 4.62. The molecular weight excluding hydrogens is 338 g/mol. The van der Waals surface area contributed by atoms with Gasteiger partial charge >= 0.3 is 0 Å². The van der Waals surface area contributed by atoms with E-state index in [0.29, 0.717) is 16.4 Å². The number of halogens is 1. The van der Waals surface area contributed by atoms with Gasteiger partial charge in [-0.25, -0.2) is 0 Å². The van der Waals surface area contributed by atoms with Gasteiger partial charge in [-0.05, 0) is 30.7 Å². The molecule has 0 aliphatic carbocycles. The summed E-state index contributed by atoms with van der Waals surface area (Å²) in [6.07, 6.45) is 0.819. The SMILES string of the molecule is O=C(CCc1ccc(Cl)s1)Nc1cccc2c(=O)[nH][nH]c(=O)c12. The molecule has 8 heteroatoms. The van der Waals surface area contributed by atoms with Crippen molar-refractivity contribution in [1.82, 2.24) is 10.2 Å².